The van der Waals surface area contributed by atoms with Crippen LogP contribution in [0, 0.1) is 0 Å². The fourth-order valence-corrected chi connectivity index (χ4v) is 2.51. The average molecular weight is 367 g/mol. The van der Waals surface area contributed by atoms with E-state index in [1.165, 1.54) is 0 Å². The molecule has 0 saturated heterocycles. The molecule has 0 aliphatic carbocycles. The van der Waals surface area contributed by atoms with E-state index in [0.717, 1.165) is 15.6 Å². The molecule has 0 heterocycles. The van der Waals surface area contributed by atoms with Crippen LogP contribution in [0.4, 0.5) is 0 Å². The molecule has 0 amide bonds. The Balaban J connectivity index is 1.62. The van der Waals surface area contributed by atoms with Gasteiger partial charge in [0.15, 0.2) is 12.4 Å². The molecule has 3 heteroatoms. The molecular weight excluding hydrogens is 352 g/mol. The van der Waals surface area contributed by atoms with E-state index in [9.17, 15) is 4.79 Å². The first-order chi connectivity index (χ1) is 11.2. The molecule has 3 aromatic rings. The number of rotatable bonds is 5. The summed E-state index contributed by atoms with van der Waals surface area (Å²) in [5.74, 6) is 0.653. The molecule has 0 aliphatic heterocycles. The van der Waals surface area contributed by atoms with Crippen LogP contribution >= 0.6 is 15.9 Å². The molecule has 114 valence electrons. The summed E-state index contributed by atoms with van der Waals surface area (Å²) in [6.45, 7) is 0.0340. The zero-order valence-corrected chi connectivity index (χ0v) is 14.0. The fourth-order valence-electron chi connectivity index (χ4n) is 2.24. The molecule has 2 nitrogen and oxygen atoms in total. The molecule has 0 aromatic heterocycles. The van der Waals surface area contributed by atoms with Crippen LogP contribution in [0.15, 0.2) is 83.3 Å². The molecule has 0 bridgehead atoms. The number of Topliss-reactive ketones (excluding diaryl/α,β-unsaturated/α-hetero) is 1. The Bertz CT molecular complexity index is 778. The van der Waals surface area contributed by atoms with Gasteiger partial charge in [0.05, 0.1) is 0 Å². The standard InChI is InChI=1S/C20H15BrO2/c21-18-10-6-17(7-11-18)20(22)14-23-19-12-8-16(9-13-19)15-4-2-1-3-5-15/h1-13H,14H2. The number of carbonyl (C=O) groups excluding carboxylic acids is 1. The molecule has 23 heavy (non-hydrogen) atoms. The van der Waals surface area contributed by atoms with E-state index in [-0.39, 0.29) is 12.4 Å². The Morgan fingerprint density at radius 3 is 2.04 bits per heavy atom. The van der Waals surface area contributed by atoms with Gasteiger partial charge >= 0.3 is 0 Å². The first-order valence-electron chi connectivity index (χ1n) is 7.29. The molecule has 0 fully saturated rings. The molecule has 0 saturated carbocycles. The highest BCUT2D eigenvalue weighted by molar-refractivity contribution is 9.10. The van der Waals surface area contributed by atoms with Crippen molar-refractivity contribution >= 4 is 21.7 Å². The lowest BCUT2D eigenvalue weighted by Crippen LogP contribution is -2.11. The normalized spacial score (nSPS) is 10.3. The van der Waals surface area contributed by atoms with E-state index >= 15 is 0 Å². The Morgan fingerprint density at radius 2 is 1.39 bits per heavy atom. The third-order valence-corrected chi connectivity index (χ3v) is 4.03. The second kappa shape index (κ2) is 7.25. The number of hydrogen-bond acceptors (Lipinski definition) is 2. The van der Waals surface area contributed by atoms with Crippen molar-refractivity contribution in [3.63, 3.8) is 0 Å². The lowest BCUT2D eigenvalue weighted by molar-refractivity contribution is 0.0921. The van der Waals surface area contributed by atoms with Crippen LogP contribution in [0.25, 0.3) is 11.1 Å². The van der Waals surface area contributed by atoms with E-state index < -0.39 is 0 Å². The quantitative estimate of drug-likeness (QED) is 0.566. The van der Waals surface area contributed by atoms with Crippen LogP contribution in [0.3, 0.4) is 0 Å². The summed E-state index contributed by atoms with van der Waals surface area (Å²) in [6.07, 6.45) is 0. The van der Waals surface area contributed by atoms with Crippen molar-refractivity contribution in [1.82, 2.24) is 0 Å². The SMILES string of the molecule is O=C(COc1ccc(-c2ccccc2)cc1)c1ccc(Br)cc1. The van der Waals surface area contributed by atoms with Gasteiger partial charge in [-0.3, -0.25) is 4.79 Å². The van der Waals surface area contributed by atoms with E-state index in [1.54, 1.807) is 12.1 Å². The minimum atomic E-state index is -0.0374. The Labute approximate surface area is 143 Å². The third-order valence-electron chi connectivity index (χ3n) is 3.50. The number of carbonyl (C=O) groups is 1. The van der Waals surface area contributed by atoms with Gasteiger partial charge in [-0.15, -0.1) is 0 Å². The fraction of sp³-hybridized carbons (Fsp3) is 0.0500. The predicted octanol–water partition coefficient (Wildman–Crippen LogP) is 5.38. The summed E-state index contributed by atoms with van der Waals surface area (Å²) in [6, 6.07) is 25.2. The topological polar surface area (TPSA) is 26.3 Å². The molecule has 0 unspecified atom stereocenters. The first-order valence-corrected chi connectivity index (χ1v) is 8.09. The van der Waals surface area contributed by atoms with Gasteiger partial charge in [0.1, 0.15) is 5.75 Å². The highest BCUT2D eigenvalue weighted by Crippen LogP contribution is 2.22. The van der Waals surface area contributed by atoms with Crippen LogP contribution in [0.1, 0.15) is 10.4 Å². The lowest BCUT2D eigenvalue weighted by Gasteiger charge is -2.07. The zero-order valence-electron chi connectivity index (χ0n) is 12.4. The summed E-state index contributed by atoms with van der Waals surface area (Å²) < 4.78 is 6.53. The maximum Gasteiger partial charge on any atom is 0.200 e. The van der Waals surface area contributed by atoms with E-state index in [0.29, 0.717) is 11.3 Å². The number of ketones is 1. The summed E-state index contributed by atoms with van der Waals surface area (Å²) in [5.41, 5.74) is 2.93. The van der Waals surface area contributed by atoms with Crippen LogP contribution in [-0.2, 0) is 0 Å². The smallest absolute Gasteiger partial charge is 0.200 e. The van der Waals surface area contributed by atoms with Crippen LogP contribution in [0.5, 0.6) is 5.75 Å². The summed E-state index contributed by atoms with van der Waals surface area (Å²) >= 11 is 3.35. The Hall–Kier alpha value is -2.39. The average Bonchev–Trinajstić information content (AvgIpc) is 2.61. The predicted molar refractivity (Wildman–Crippen MR) is 95.8 cm³/mol. The number of ether oxygens (including phenoxy) is 1. The molecule has 0 spiro atoms. The molecular formula is C20H15BrO2. The Kier molecular flexibility index (Phi) is 4.89. The van der Waals surface area contributed by atoms with Gasteiger partial charge in [-0.25, -0.2) is 0 Å². The van der Waals surface area contributed by atoms with Gasteiger partial charge in [-0.05, 0) is 35.4 Å². The molecule has 0 atom stereocenters. The number of benzene rings is 3. The molecule has 0 aliphatic rings. The number of hydrogen-bond donors (Lipinski definition) is 0. The van der Waals surface area contributed by atoms with Crippen molar-refractivity contribution in [3.8, 4) is 16.9 Å². The monoisotopic (exact) mass is 366 g/mol. The highest BCUT2D eigenvalue weighted by atomic mass is 79.9. The van der Waals surface area contributed by atoms with Crippen LogP contribution in [0.2, 0.25) is 0 Å². The van der Waals surface area contributed by atoms with Crippen LogP contribution < -0.4 is 4.74 Å². The van der Waals surface area contributed by atoms with E-state index in [2.05, 4.69) is 28.1 Å². The third kappa shape index (κ3) is 4.08. The lowest BCUT2D eigenvalue weighted by atomic mass is 10.1. The summed E-state index contributed by atoms with van der Waals surface area (Å²) in [4.78, 5) is 12.1. The second-order valence-electron chi connectivity index (χ2n) is 5.11. The first kappa shape index (κ1) is 15.5. The summed E-state index contributed by atoms with van der Waals surface area (Å²) in [5, 5.41) is 0. The molecule has 0 N–H and O–H groups in total. The van der Waals surface area contributed by atoms with E-state index in [1.807, 2.05) is 54.6 Å². The Morgan fingerprint density at radius 1 is 0.783 bits per heavy atom. The van der Waals surface area contributed by atoms with Crippen molar-refractivity contribution in [2.45, 2.75) is 0 Å². The van der Waals surface area contributed by atoms with Gasteiger partial charge in [0.25, 0.3) is 0 Å². The zero-order chi connectivity index (χ0) is 16.1. The van der Waals surface area contributed by atoms with Crippen molar-refractivity contribution in [3.05, 3.63) is 88.9 Å². The van der Waals surface area contributed by atoms with Crippen molar-refractivity contribution in [2.24, 2.45) is 0 Å². The minimum absolute atomic E-state index is 0.0340. The maximum atomic E-state index is 12.1. The maximum absolute atomic E-state index is 12.1. The van der Waals surface area contributed by atoms with Gasteiger partial charge < -0.3 is 4.74 Å². The number of halogens is 1. The van der Waals surface area contributed by atoms with Gasteiger partial charge in [0.2, 0.25) is 0 Å². The molecule has 0 radical (unpaired) electrons. The van der Waals surface area contributed by atoms with Gasteiger partial charge in [-0.2, -0.15) is 0 Å². The van der Waals surface area contributed by atoms with Crippen molar-refractivity contribution in [2.75, 3.05) is 6.61 Å². The minimum Gasteiger partial charge on any atom is -0.485 e. The summed E-state index contributed by atoms with van der Waals surface area (Å²) in [7, 11) is 0. The van der Waals surface area contributed by atoms with Crippen LogP contribution in [-0.4, -0.2) is 12.4 Å². The largest absolute Gasteiger partial charge is 0.485 e. The second-order valence-corrected chi connectivity index (χ2v) is 6.02. The molecule has 3 aromatic carbocycles. The van der Waals surface area contributed by atoms with Crippen molar-refractivity contribution in [1.29, 1.82) is 0 Å². The van der Waals surface area contributed by atoms with Gasteiger partial charge in [-0.1, -0.05) is 70.5 Å². The van der Waals surface area contributed by atoms with Gasteiger partial charge in [0, 0.05) is 10.0 Å². The van der Waals surface area contributed by atoms with Crippen molar-refractivity contribution < 1.29 is 9.53 Å². The highest BCUT2D eigenvalue weighted by Gasteiger charge is 2.07. The molecule has 3 rings (SSSR count). The van der Waals surface area contributed by atoms with E-state index in [4.69, 9.17) is 4.74 Å².